The quantitative estimate of drug-likeness (QED) is 0.479. The number of anilines is 1. The molecule has 0 amide bonds. The maximum atomic E-state index is 10.8. The highest BCUT2D eigenvalue weighted by molar-refractivity contribution is 6.33. The summed E-state index contributed by atoms with van der Waals surface area (Å²) in [4.78, 5) is 10.3. The number of rotatable bonds is 5. The third-order valence-corrected chi connectivity index (χ3v) is 3.94. The summed E-state index contributed by atoms with van der Waals surface area (Å²) in [5, 5.41) is 14.3. The van der Waals surface area contributed by atoms with Gasteiger partial charge < -0.3 is 5.32 Å². The minimum absolute atomic E-state index is 0.0373. The van der Waals surface area contributed by atoms with Crippen molar-refractivity contribution in [3.63, 3.8) is 0 Å². The van der Waals surface area contributed by atoms with Gasteiger partial charge in [-0.1, -0.05) is 23.3 Å². The van der Waals surface area contributed by atoms with E-state index < -0.39 is 4.92 Å². The van der Waals surface area contributed by atoms with Gasteiger partial charge in [0, 0.05) is 18.3 Å². The summed E-state index contributed by atoms with van der Waals surface area (Å²) in [6.45, 7) is 2.69. The minimum Gasteiger partial charge on any atom is -0.384 e. The van der Waals surface area contributed by atoms with E-state index in [1.54, 1.807) is 6.07 Å². The standard InChI is InChI=1S/C15H19ClN2O2/c1-11-9-15(18(19)20)13(16)10-14(11)17-8-7-12-5-3-2-4-6-12/h5,9-10,17H,2-4,6-8H2,1H3. The molecule has 1 aromatic rings. The van der Waals surface area contributed by atoms with E-state index in [0.717, 1.165) is 24.2 Å². The fraction of sp³-hybridized carbons (Fsp3) is 0.467. The van der Waals surface area contributed by atoms with Gasteiger partial charge in [-0.3, -0.25) is 10.1 Å². The molecule has 0 unspecified atom stereocenters. The molecule has 0 spiro atoms. The first-order chi connectivity index (χ1) is 9.58. The van der Waals surface area contributed by atoms with Gasteiger partial charge in [0.1, 0.15) is 5.02 Å². The number of nitro benzene ring substituents is 1. The third kappa shape index (κ3) is 3.73. The van der Waals surface area contributed by atoms with E-state index in [1.165, 1.54) is 37.3 Å². The molecule has 20 heavy (non-hydrogen) atoms. The van der Waals surface area contributed by atoms with E-state index in [4.69, 9.17) is 11.6 Å². The molecule has 0 atom stereocenters. The van der Waals surface area contributed by atoms with Crippen LogP contribution in [0.4, 0.5) is 11.4 Å². The van der Waals surface area contributed by atoms with Crippen LogP contribution in [0, 0.1) is 17.0 Å². The summed E-state index contributed by atoms with van der Waals surface area (Å²) in [6, 6.07) is 3.16. The molecule has 2 rings (SSSR count). The number of benzene rings is 1. The maximum Gasteiger partial charge on any atom is 0.288 e. The maximum absolute atomic E-state index is 10.8. The predicted molar refractivity (Wildman–Crippen MR) is 82.5 cm³/mol. The zero-order valence-corrected chi connectivity index (χ0v) is 12.4. The molecule has 1 N–H and O–H groups in total. The number of allylic oxidation sites excluding steroid dienone is 1. The zero-order valence-electron chi connectivity index (χ0n) is 11.6. The molecule has 0 radical (unpaired) electrons. The Kier molecular flexibility index (Phi) is 5.01. The van der Waals surface area contributed by atoms with Gasteiger partial charge in [0.25, 0.3) is 5.69 Å². The minimum atomic E-state index is -0.452. The van der Waals surface area contributed by atoms with Crippen molar-refractivity contribution in [2.45, 2.75) is 39.0 Å². The first-order valence-electron chi connectivity index (χ1n) is 6.94. The van der Waals surface area contributed by atoms with E-state index in [-0.39, 0.29) is 10.7 Å². The lowest BCUT2D eigenvalue weighted by Crippen LogP contribution is -2.06. The summed E-state index contributed by atoms with van der Waals surface area (Å²) in [7, 11) is 0. The van der Waals surface area contributed by atoms with Crippen LogP contribution >= 0.6 is 11.6 Å². The Balaban J connectivity index is 1.97. The Morgan fingerprint density at radius 1 is 1.40 bits per heavy atom. The predicted octanol–water partition coefficient (Wildman–Crippen LogP) is 4.86. The van der Waals surface area contributed by atoms with Gasteiger partial charge in [0.15, 0.2) is 0 Å². The lowest BCUT2D eigenvalue weighted by Gasteiger charge is -2.14. The van der Waals surface area contributed by atoms with Crippen LogP contribution < -0.4 is 5.32 Å². The lowest BCUT2D eigenvalue weighted by molar-refractivity contribution is -0.384. The molecule has 0 aliphatic heterocycles. The number of nitro groups is 1. The second kappa shape index (κ2) is 6.75. The molecule has 5 heteroatoms. The van der Waals surface area contributed by atoms with Gasteiger partial charge in [-0.05, 0) is 50.7 Å². The molecule has 1 aliphatic rings. The average Bonchev–Trinajstić information content (AvgIpc) is 2.43. The molecule has 0 saturated heterocycles. The number of hydrogen-bond donors (Lipinski definition) is 1. The van der Waals surface area contributed by atoms with Crippen LogP contribution in [-0.4, -0.2) is 11.5 Å². The van der Waals surface area contributed by atoms with Crippen molar-refractivity contribution >= 4 is 23.0 Å². The molecular formula is C15H19ClN2O2. The van der Waals surface area contributed by atoms with E-state index in [9.17, 15) is 10.1 Å². The molecule has 4 nitrogen and oxygen atoms in total. The number of nitrogens with one attached hydrogen (secondary N) is 1. The first-order valence-corrected chi connectivity index (χ1v) is 7.32. The second-order valence-electron chi connectivity index (χ2n) is 5.16. The van der Waals surface area contributed by atoms with Crippen LogP contribution in [0.1, 0.15) is 37.7 Å². The van der Waals surface area contributed by atoms with Crippen molar-refractivity contribution in [3.05, 3.63) is 44.5 Å². The van der Waals surface area contributed by atoms with Crippen molar-refractivity contribution in [1.29, 1.82) is 0 Å². The highest BCUT2D eigenvalue weighted by Crippen LogP contribution is 2.30. The van der Waals surface area contributed by atoms with Crippen LogP contribution in [0.15, 0.2) is 23.8 Å². The SMILES string of the molecule is Cc1cc([N+](=O)[O-])c(Cl)cc1NCCC1=CCCCC1. The van der Waals surface area contributed by atoms with Crippen molar-refractivity contribution in [1.82, 2.24) is 0 Å². The molecule has 1 aliphatic carbocycles. The normalized spacial score (nSPS) is 14.8. The topological polar surface area (TPSA) is 55.2 Å². The van der Waals surface area contributed by atoms with Gasteiger partial charge in [-0.25, -0.2) is 0 Å². The van der Waals surface area contributed by atoms with Crippen LogP contribution in [0.25, 0.3) is 0 Å². The van der Waals surface area contributed by atoms with Crippen molar-refractivity contribution in [3.8, 4) is 0 Å². The number of hydrogen-bond acceptors (Lipinski definition) is 3. The number of aryl methyl sites for hydroxylation is 1. The largest absolute Gasteiger partial charge is 0.384 e. The van der Waals surface area contributed by atoms with Crippen molar-refractivity contribution < 1.29 is 4.92 Å². The molecule has 0 aromatic heterocycles. The van der Waals surface area contributed by atoms with Gasteiger partial charge in [-0.15, -0.1) is 0 Å². The monoisotopic (exact) mass is 294 g/mol. The van der Waals surface area contributed by atoms with Crippen LogP contribution in [0.5, 0.6) is 0 Å². The summed E-state index contributed by atoms with van der Waals surface area (Å²) in [5.74, 6) is 0. The van der Waals surface area contributed by atoms with Crippen LogP contribution in [0.3, 0.4) is 0 Å². The van der Waals surface area contributed by atoms with Crippen LogP contribution in [0.2, 0.25) is 5.02 Å². The van der Waals surface area contributed by atoms with Gasteiger partial charge in [0.2, 0.25) is 0 Å². The third-order valence-electron chi connectivity index (χ3n) is 3.64. The average molecular weight is 295 g/mol. The highest BCUT2D eigenvalue weighted by Gasteiger charge is 2.14. The summed E-state index contributed by atoms with van der Waals surface area (Å²) >= 11 is 5.93. The summed E-state index contributed by atoms with van der Waals surface area (Å²) in [5.41, 5.74) is 3.19. The first kappa shape index (κ1) is 14.9. The van der Waals surface area contributed by atoms with Crippen LogP contribution in [-0.2, 0) is 0 Å². The van der Waals surface area contributed by atoms with Crippen molar-refractivity contribution in [2.24, 2.45) is 0 Å². The molecular weight excluding hydrogens is 276 g/mol. The Hall–Kier alpha value is -1.55. The number of halogens is 1. The van der Waals surface area contributed by atoms with E-state index in [0.29, 0.717) is 0 Å². The fourth-order valence-corrected chi connectivity index (χ4v) is 2.72. The van der Waals surface area contributed by atoms with Gasteiger partial charge >= 0.3 is 0 Å². The number of nitrogens with zero attached hydrogens (tertiary/aromatic N) is 1. The summed E-state index contributed by atoms with van der Waals surface area (Å²) < 4.78 is 0. The Morgan fingerprint density at radius 2 is 2.20 bits per heavy atom. The Morgan fingerprint density at radius 3 is 2.85 bits per heavy atom. The van der Waals surface area contributed by atoms with E-state index in [2.05, 4.69) is 11.4 Å². The van der Waals surface area contributed by atoms with E-state index in [1.807, 2.05) is 6.92 Å². The van der Waals surface area contributed by atoms with E-state index >= 15 is 0 Å². The van der Waals surface area contributed by atoms with Crippen molar-refractivity contribution in [2.75, 3.05) is 11.9 Å². The molecule has 0 bridgehead atoms. The van der Waals surface area contributed by atoms with Gasteiger partial charge in [0.05, 0.1) is 4.92 Å². The molecule has 1 aromatic carbocycles. The smallest absolute Gasteiger partial charge is 0.288 e. The molecule has 0 heterocycles. The molecule has 0 saturated carbocycles. The molecule has 108 valence electrons. The second-order valence-corrected chi connectivity index (χ2v) is 5.57. The highest BCUT2D eigenvalue weighted by atomic mass is 35.5. The molecule has 0 fully saturated rings. The Labute approximate surface area is 124 Å². The van der Waals surface area contributed by atoms with Gasteiger partial charge in [-0.2, -0.15) is 0 Å². The fourth-order valence-electron chi connectivity index (χ4n) is 2.49. The summed E-state index contributed by atoms with van der Waals surface area (Å²) in [6.07, 6.45) is 8.33. The zero-order chi connectivity index (χ0) is 14.5. The lowest BCUT2D eigenvalue weighted by atomic mass is 9.97. The Bertz CT molecular complexity index is 541.